The van der Waals surface area contributed by atoms with Crippen LogP contribution in [0.3, 0.4) is 0 Å². The Hall–Kier alpha value is -1.60. The average molecular weight is 443 g/mol. The lowest BCUT2D eigenvalue weighted by Crippen LogP contribution is -2.22. The van der Waals surface area contributed by atoms with E-state index in [1.165, 1.54) is 31.1 Å². The van der Waals surface area contributed by atoms with Crippen molar-refractivity contribution in [3.63, 3.8) is 0 Å². The van der Waals surface area contributed by atoms with E-state index in [1.54, 1.807) is 18.4 Å². The number of hydrogen-bond donors (Lipinski definition) is 1. The third-order valence-electron chi connectivity index (χ3n) is 5.75. The molecule has 0 atom stereocenters. The summed E-state index contributed by atoms with van der Waals surface area (Å²) in [6.07, 6.45) is 6.25. The minimum Gasteiger partial charge on any atom is -0.385 e. The van der Waals surface area contributed by atoms with Crippen LogP contribution in [-0.2, 0) is 35.3 Å². The number of nitrogens with one attached hydrogen (secondary N) is 1. The molecule has 160 valence electrons. The highest BCUT2D eigenvalue weighted by Gasteiger charge is 2.25. The Kier molecular flexibility index (Phi) is 7.31. The van der Waals surface area contributed by atoms with E-state index in [0.29, 0.717) is 18.6 Å². The summed E-state index contributed by atoms with van der Waals surface area (Å²) in [5.41, 5.74) is 5.11. The van der Waals surface area contributed by atoms with Crippen LogP contribution in [0.1, 0.15) is 53.5 Å². The van der Waals surface area contributed by atoms with Crippen molar-refractivity contribution < 1.29 is 9.53 Å². The zero-order valence-electron chi connectivity index (χ0n) is 17.9. The maximum Gasteiger partial charge on any atom is 0.138 e. The number of thiazole rings is 1. The number of unbranched alkanes of at least 4 members (excludes halogenated alkanes) is 2. The molecule has 2 aromatic heterocycles. The number of carbonyl (C=O) groups excluding carboxylic acids is 1. The molecule has 0 unspecified atom stereocenters. The molecule has 0 saturated carbocycles. The van der Waals surface area contributed by atoms with Crippen LogP contribution in [0.15, 0.2) is 18.2 Å². The molecule has 0 bridgehead atoms. The number of hydrogen-bond acceptors (Lipinski definition) is 6. The van der Waals surface area contributed by atoms with Crippen molar-refractivity contribution in [1.29, 1.82) is 0 Å². The Morgan fingerprint density at radius 2 is 2.13 bits per heavy atom. The molecule has 6 heteroatoms. The van der Waals surface area contributed by atoms with Gasteiger partial charge in [0, 0.05) is 48.4 Å². The first-order valence-electron chi connectivity index (χ1n) is 10.9. The molecule has 1 aliphatic heterocycles. The van der Waals surface area contributed by atoms with E-state index < -0.39 is 0 Å². The van der Waals surface area contributed by atoms with Gasteiger partial charge in [0.05, 0.1) is 10.2 Å². The molecular weight excluding hydrogens is 412 g/mol. The average Bonchev–Trinajstić information content (AvgIpc) is 3.33. The fourth-order valence-corrected chi connectivity index (χ4v) is 6.83. The predicted octanol–water partition coefficient (Wildman–Crippen LogP) is 5.55. The zero-order chi connectivity index (χ0) is 20.9. The van der Waals surface area contributed by atoms with Crippen molar-refractivity contribution in [3.05, 3.63) is 39.1 Å². The molecule has 4 rings (SSSR count). The van der Waals surface area contributed by atoms with Gasteiger partial charge in [0.25, 0.3) is 0 Å². The topological polar surface area (TPSA) is 51.2 Å². The van der Waals surface area contributed by atoms with Gasteiger partial charge in [0.1, 0.15) is 10.8 Å². The Morgan fingerprint density at radius 3 is 2.97 bits per heavy atom. The predicted molar refractivity (Wildman–Crippen MR) is 127 cm³/mol. The number of ether oxygens (including phenoxy) is 1. The normalized spacial score (nSPS) is 13.7. The minimum absolute atomic E-state index is 0.343. The number of aromatic nitrogens is 1. The van der Waals surface area contributed by atoms with Gasteiger partial charge in [-0.2, -0.15) is 0 Å². The SMILES string of the molecule is CCc1cccc2nc(-c3c(CC(=O)CCCCCOC)sc4c3CCNC4)sc12. The summed E-state index contributed by atoms with van der Waals surface area (Å²) >= 11 is 3.61. The molecule has 3 aromatic rings. The van der Waals surface area contributed by atoms with Crippen molar-refractivity contribution in [3.8, 4) is 10.6 Å². The second-order valence-corrected chi connectivity index (χ2v) is 10.1. The van der Waals surface area contributed by atoms with Crippen molar-refractivity contribution in [1.82, 2.24) is 10.3 Å². The monoisotopic (exact) mass is 442 g/mol. The fourth-order valence-electron chi connectivity index (χ4n) is 4.17. The van der Waals surface area contributed by atoms with Crippen LogP contribution < -0.4 is 5.32 Å². The van der Waals surface area contributed by atoms with Crippen LogP contribution in [0.2, 0.25) is 0 Å². The number of fused-ring (bicyclic) bond motifs is 2. The maximum atomic E-state index is 12.8. The summed E-state index contributed by atoms with van der Waals surface area (Å²) in [4.78, 5) is 20.4. The van der Waals surface area contributed by atoms with E-state index in [4.69, 9.17) is 9.72 Å². The van der Waals surface area contributed by atoms with Gasteiger partial charge in [-0.1, -0.05) is 25.5 Å². The van der Waals surface area contributed by atoms with Gasteiger partial charge >= 0.3 is 0 Å². The Morgan fingerprint density at radius 1 is 1.23 bits per heavy atom. The second kappa shape index (κ2) is 10.1. The number of methoxy groups -OCH3 is 1. The zero-order valence-corrected chi connectivity index (χ0v) is 19.5. The Labute approximate surface area is 186 Å². The molecule has 1 aliphatic rings. The molecule has 1 N–H and O–H groups in total. The first-order valence-corrected chi connectivity index (χ1v) is 12.6. The van der Waals surface area contributed by atoms with Crippen molar-refractivity contribution >= 4 is 38.7 Å². The molecular formula is C24H30N2O2S2. The van der Waals surface area contributed by atoms with E-state index >= 15 is 0 Å². The summed E-state index contributed by atoms with van der Waals surface area (Å²) in [7, 11) is 1.73. The molecule has 0 spiro atoms. The second-order valence-electron chi connectivity index (χ2n) is 7.89. The number of aryl methyl sites for hydroxylation is 1. The van der Waals surface area contributed by atoms with E-state index in [-0.39, 0.29) is 0 Å². The van der Waals surface area contributed by atoms with Crippen LogP contribution in [0.4, 0.5) is 0 Å². The number of Topliss-reactive ketones (excluding diaryl/α,β-unsaturated/α-hetero) is 1. The number of rotatable bonds is 10. The largest absolute Gasteiger partial charge is 0.385 e. The lowest BCUT2D eigenvalue weighted by atomic mass is 10.00. The highest BCUT2D eigenvalue weighted by molar-refractivity contribution is 7.22. The van der Waals surface area contributed by atoms with E-state index in [9.17, 15) is 4.79 Å². The van der Waals surface area contributed by atoms with E-state index in [0.717, 1.165) is 62.3 Å². The molecule has 1 aromatic carbocycles. The molecule has 0 radical (unpaired) electrons. The van der Waals surface area contributed by atoms with E-state index in [2.05, 4.69) is 30.4 Å². The van der Waals surface area contributed by atoms with Gasteiger partial charge in [0.2, 0.25) is 0 Å². The highest BCUT2D eigenvalue weighted by atomic mass is 32.1. The summed E-state index contributed by atoms with van der Waals surface area (Å²) in [5, 5.41) is 4.57. The fraction of sp³-hybridized carbons (Fsp3) is 0.500. The number of nitrogens with zero attached hydrogens (tertiary/aromatic N) is 1. The lowest BCUT2D eigenvalue weighted by Gasteiger charge is -2.13. The molecule has 30 heavy (non-hydrogen) atoms. The number of carbonyl (C=O) groups is 1. The minimum atomic E-state index is 0.343. The van der Waals surface area contributed by atoms with Crippen LogP contribution in [-0.4, -0.2) is 31.0 Å². The van der Waals surface area contributed by atoms with Gasteiger partial charge in [-0.15, -0.1) is 22.7 Å². The third kappa shape index (κ3) is 4.67. The summed E-state index contributed by atoms with van der Waals surface area (Å²) in [5.74, 6) is 0.343. The molecule has 0 saturated heterocycles. The van der Waals surface area contributed by atoms with Gasteiger partial charge in [-0.25, -0.2) is 4.98 Å². The molecule has 3 heterocycles. The lowest BCUT2D eigenvalue weighted by molar-refractivity contribution is -0.118. The standard InChI is InChI=1S/C24H30N2O2S2/c1-3-16-8-7-10-19-23(16)30-24(26-19)22-18-11-12-25-15-21(18)29-20(22)14-17(27)9-5-4-6-13-28-2/h7-8,10,25H,3-6,9,11-15H2,1-2H3. The van der Waals surface area contributed by atoms with Crippen LogP contribution in [0, 0.1) is 0 Å². The molecule has 0 aliphatic carbocycles. The Bertz CT molecular complexity index is 1020. The molecule has 0 amide bonds. The van der Waals surface area contributed by atoms with Gasteiger partial charge in [0.15, 0.2) is 0 Å². The summed E-state index contributed by atoms with van der Waals surface area (Å²) in [6.45, 7) is 4.88. The van der Waals surface area contributed by atoms with Crippen molar-refractivity contribution in [2.75, 3.05) is 20.3 Å². The van der Waals surface area contributed by atoms with Crippen LogP contribution >= 0.6 is 22.7 Å². The Balaban J connectivity index is 1.61. The van der Waals surface area contributed by atoms with Crippen LogP contribution in [0.5, 0.6) is 0 Å². The van der Waals surface area contributed by atoms with E-state index in [1.807, 2.05) is 11.3 Å². The summed E-state index contributed by atoms with van der Waals surface area (Å²) in [6, 6.07) is 6.41. The highest BCUT2D eigenvalue weighted by Crippen LogP contribution is 2.42. The van der Waals surface area contributed by atoms with Gasteiger partial charge in [-0.3, -0.25) is 4.79 Å². The maximum absolute atomic E-state index is 12.8. The van der Waals surface area contributed by atoms with Gasteiger partial charge in [-0.05, 0) is 49.4 Å². The first-order chi connectivity index (χ1) is 14.7. The van der Waals surface area contributed by atoms with Gasteiger partial charge < -0.3 is 10.1 Å². The first kappa shape index (κ1) is 21.6. The smallest absolute Gasteiger partial charge is 0.138 e. The summed E-state index contributed by atoms with van der Waals surface area (Å²) < 4.78 is 6.39. The molecule has 0 fully saturated rings. The number of ketones is 1. The third-order valence-corrected chi connectivity index (χ3v) is 8.15. The van der Waals surface area contributed by atoms with Crippen LogP contribution in [0.25, 0.3) is 20.8 Å². The number of thiophene rings is 1. The van der Waals surface area contributed by atoms with Crippen molar-refractivity contribution in [2.45, 2.75) is 58.4 Å². The molecule has 4 nitrogen and oxygen atoms in total. The number of benzene rings is 1. The quantitative estimate of drug-likeness (QED) is 0.418. The van der Waals surface area contributed by atoms with Crippen molar-refractivity contribution in [2.24, 2.45) is 0 Å².